The molecule has 0 saturated heterocycles. The molecule has 118 valence electrons. The summed E-state index contributed by atoms with van der Waals surface area (Å²) in [6.45, 7) is 0. The predicted octanol–water partition coefficient (Wildman–Crippen LogP) is 4.11. The van der Waals surface area contributed by atoms with Crippen molar-refractivity contribution in [3.05, 3.63) is 66.6 Å². The Balaban J connectivity index is 1.53. The first-order valence-corrected chi connectivity index (χ1v) is 8.19. The van der Waals surface area contributed by atoms with Gasteiger partial charge in [-0.25, -0.2) is 14.4 Å². The SMILES string of the molecule is Fc1ccc(-c2noc(CSc3ncnc4ccccc34)n2)cc1. The molecule has 0 fully saturated rings. The van der Waals surface area contributed by atoms with E-state index in [0.29, 0.717) is 23.0 Å². The summed E-state index contributed by atoms with van der Waals surface area (Å²) in [4.78, 5) is 12.9. The van der Waals surface area contributed by atoms with Crippen LogP contribution in [0.3, 0.4) is 0 Å². The lowest BCUT2D eigenvalue weighted by molar-refractivity contribution is 0.391. The van der Waals surface area contributed by atoms with E-state index < -0.39 is 0 Å². The average Bonchev–Trinajstić information content (AvgIpc) is 3.09. The van der Waals surface area contributed by atoms with E-state index in [4.69, 9.17) is 4.52 Å². The molecule has 2 heterocycles. The summed E-state index contributed by atoms with van der Waals surface area (Å²) in [5.74, 6) is 1.13. The summed E-state index contributed by atoms with van der Waals surface area (Å²) < 4.78 is 18.2. The van der Waals surface area contributed by atoms with Crippen molar-refractivity contribution in [3.8, 4) is 11.4 Å². The number of aromatic nitrogens is 4. The number of para-hydroxylation sites is 1. The van der Waals surface area contributed by atoms with E-state index in [0.717, 1.165) is 15.9 Å². The molecule has 2 aromatic heterocycles. The Kier molecular flexibility index (Phi) is 3.92. The van der Waals surface area contributed by atoms with Gasteiger partial charge in [0.25, 0.3) is 0 Å². The standard InChI is InChI=1S/C17H11FN4OS/c18-12-7-5-11(6-8-12)16-21-15(23-22-16)9-24-17-13-3-1-2-4-14(13)19-10-20-17/h1-8,10H,9H2. The van der Waals surface area contributed by atoms with Crippen molar-refractivity contribution in [2.75, 3.05) is 0 Å². The van der Waals surface area contributed by atoms with Crippen molar-refractivity contribution in [2.45, 2.75) is 10.8 Å². The number of rotatable bonds is 4. The van der Waals surface area contributed by atoms with Gasteiger partial charge in [-0.15, -0.1) is 0 Å². The number of halogens is 1. The van der Waals surface area contributed by atoms with Crippen LogP contribution in [0, 0.1) is 5.82 Å². The van der Waals surface area contributed by atoms with Crippen LogP contribution in [-0.2, 0) is 5.75 Å². The maximum Gasteiger partial charge on any atom is 0.237 e. The van der Waals surface area contributed by atoms with Crippen LogP contribution < -0.4 is 0 Å². The van der Waals surface area contributed by atoms with E-state index in [1.807, 2.05) is 24.3 Å². The summed E-state index contributed by atoms with van der Waals surface area (Å²) in [5.41, 5.74) is 1.61. The highest BCUT2D eigenvalue weighted by Crippen LogP contribution is 2.27. The number of hydrogen-bond acceptors (Lipinski definition) is 6. The Hall–Kier alpha value is -2.80. The molecule has 0 atom stereocenters. The van der Waals surface area contributed by atoms with Crippen LogP contribution in [0.2, 0.25) is 0 Å². The van der Waals surface area contributed by atoms with Crippen LogP contribution in [0.1, 0.15) is 5.89 Å². The summed E-state index contributed by atoms with van der Waals surface area (Å²) in [7, 11) is 0. The van der Waals surface area contributed by atoms with Crippen molar-refractivity contribution >= 4 is 22.7 Å². The molecule has 2 aromatic carbocycles. The molecule has 0 radical (unpaired) electrons. The number of hydrogen-bond donors (Lipinski definition) is 0. The highest BCUT2D eigenvalue weighted by Gasteiger charge is 2.11. The maximum absolute atomic E-state index is 13.0. The van der Waals surface area contributed by atoms with Crippen LogP contribution in [0.5, 0.6) is 0 Å². The van der Waals surface area contributed by atoms with Crippen LogP contribution in [0.4, 0.5) is 4.39 Å². The third kappa shape index (κ3) is 2.98. The Morgan fingerprint density at radius 2 is 1.83 bits per heavy atom. The van der Waals surface area contributed by atoms with Crippen molar-refractivity contribution < 1.29 is 8.91 Å². The smallest absolute Gasteiger partial charge is 0.237 e. The maximum atomic E-state index is 13.0. The van der Waals surface area contributed by atoms with Crippen molar-refractivity contribution in [1.29, 1.82) is 0 Å². The molecule has 0 amide bonds. The van der Waals surface area contributed by atoms with Gasteiger partial charge in [0, 0.05) is 10.9 Å². The number of benzene rings is 2. The van der Waals surface area contributed by atoms with E-state index in [1.165, 1.54) is 23.9 Å². The van der Waals surface area contributed by atoms with Crippen molar-refractivity contribution in [3.63, 3.8) is 0 Å². The molecule has 4 rings (SSSR count). The zero-order valence-electron chi connectivity index (χ0n) is 12.4. The molecular weight excluding hydrogens is 327 g/mol. The van der Waals surface area contributed by atoms with Gasteiger partial charge in [-0.3, -0.25) is 0 Å². The number of fused-ring (bicyclic) bond motifs is 1. The molecule has 0 spiro atoms. The first-order valence-electron chi connectivity index (χ1n) is 7.21. The lowest BCUT2D eigenvalue weighted by Crippen LogP contribution is -1.88. The van der Waals surface area contributed by atoms with Gasteiger partial charge in [0.05, 0.1) is 11.3 Å². The topological polar surface area (TPSA) is 64.7 Å². The summed E-state index contributed by atoms with van der Waals surface area (Å²) in [6, 6.07) is 13.8. The average molecular weight is 338 g/mol. The fraction of sp³-hybridized carbons (Fsp3) is 0.0588. The zero-order valence-corrected chi connectivity index (χ0v) is 13.2. The van der Waals surface area contributed by atoms with Gasteiger partial charge in [0.15, 0.2) is 0 Å². The Labute approximate surface area is 141 Å². The van der Waals surface area contributed by atoms with Gasteiger partial charge in [0.1, 0.15) is 17.2 Å². The minimum atomic E-state index is -0.298. The van der Waals surface area contributed by atoms with E-state index >= 15 is 0 Å². The van der Waals surface area contributed by atoms with Gasteiger partial charge in [-0.2, -0.15) is 4.98 Å². The highest BCUT2D eigenvalue weighted by molar-refractivity contribution is 7.98. The number of nitrogens with zero attached hydrogens (tertiary/aromatic N) is 4. The molecule has 5 nitrogen and oxygen atoms in total. The van der Waals surface area contributed by atoms with Crippen LogP contribution in [0.25, 0.3) is 22.3 Å². The summed E-state index contributed by atoms with van der Waals surface area (Å²) in [6.07, 6.45) is 1.54. The van der Waals surface area contributed by atoms with Crippen LogP contribution in [0.15, 0.2) is 64.4 Å². The summed E-state index contributed by atoms with van der Waals surface area (Å²) in [5, 5.41) is 5.79. The van der Waals surface area contributed by atoms with E-state index in [2.05, 4.69) is 20.1 Å². The first kappa shape index (κ1) is 14.8. The fourth-order valence-electron chi connectivity index (χ4n) is 2.25. The molecule has 0 aliphatic heterocycles. The second-order valence-corrected chi connectivity index (χ2v) is 5.97. The first-order chi connectivity index (χ1) is 11.8. The Morgan fingerprint density at radius 3 is 2.71 bits per heavy atom. The van der Waals surface area contributed by atoms with Crippen molar-refractivity contribution in [1.82, 2.24) is 20.1 Å². The van der Waals surface area contributed by atoms with Crippen molar-refractivity contribution in [2.24, 2.45) is 0 Å². The van der Waals surface area contributed by atoms with Crippen LogP contribution in [-0.4, -0.2) is 20.1 Å². The fourth-order valence-corrected chi connectivity index (χ4v) is 3.08. The minimum Gasteiger partial charge on any atom is -0.338 e. The molecular formula is C17H11FN4OS. The number of thioether (sulfide) groups is 1. The monoisotopic (exact) mass is 338 g/mol. The molecule has 0 aliphatic rings. The third-order valence-electron chi connectivity index (χ3n) is 3.41. The van der Waals surface area contributed by atoms with Gasteiger partial charge >= 0.3 is 0 Å². The minimum absolute atomic E-state index is 0.298. The van der Waals surface area contributed by atoms with E-state index in [-0.39, 0.29) is 5.82 Å². The lowest BCUT2D eigenvalue weighted by atomic mass is 10.2. The van der Waals surface area contributed by atoms with E-state index in [1.54, 1.807) is 18.5 Å². The molecule has 0 aliphatic carbocycles. The molecule has 7 heteroatoms. The second kappa shape index (κ2) is 6.37. The molecule has 0 saturated carbocycles. The quantitative estimate of drug-likeness (QED) is 0.412. The van der Waals surface area contributed by atoms with E-state index in [9.17, 15) is 4.39 Å². The van der Waals surface area contributed by atoms with Gasteiger partial charge in [0.2, 0.25) is 11.7 Å². The molecule has 0 bridgehead atoms. The zero-order chi connectivity index (χ0) is 16.4. The normalized spacial score (nSPS) is 11.0. The predicted molar refractivity (Wildman–Crippen MR) is 88.8 cm³/mol. The largest absolute Gasteiger partial charge is 0.338 e. The lowest BCUT2D eigenvalue weighted by Gasteiger charge is -2.02. The molecule has 0 unspecified atom stereocenters. The molecule has 4 aromatic rings. The second-order valence-electron chi connectivity index (χ2n) is 5.00. The van der Waals surface area contributed by atoms with Gasteiger partial charge in [-0.05, 0) is 30.3 Å². The molecule has 24 heavy (non-hydrogen) atoms. The third-order valence-corrected chi connectivity index (χ3v) is 4.40. The van der Waals surface area contributed by atoms with Crippen LogP contribution >= 0.6 is 11.8 Å². The van der Waals surface area contributed by atoms with Gasteiger partial charge < -0.3 is 4.52 Å². The summed E-state index contributed by atoms with van der Waals surface area (Å²) >= 11 is 1.51. The Bertz CT molecular complexity index is 982. The highest BCUT2D eigenvalue weighted by atomic mass is 32.2. The molecule has 0 N–H and O–H groups in total. The van der Waals surface area contributed by atoms with Gasteiger partial charge in [-0.1, -0.05) is 35.1 Å². The Morgan fingerprint density at radius 1 is 1.00 bits per heavy atom.